The van der Waals surface area contributed by atoms with Gasteiger partial charge in [-0.1, -0.05) is 12.1 Å². The van der Waals surface area contributed by atoms with E-state index >= 15 is 0 Å². The van der Waals surface area contributed by atoms with E-state index in [4.69, 9.17) is 9.47 Å². The van der Waals surface area contributed by atoms with Crippen molar-refractivity contribution >= 4 is 0 Å². The third-order valence-corrected chi connectivity index (χ3v) is 3.90. The lowest BCUT2D eigenvalue weighted by Gasteiger charge is -2.26. The summed E-state index contributed by atoms with van der Waals surface area (Å²) in [6, 6.07) is 6.79. The first-order valence-electron chi connectivity index (χ1n) is 7.41. The summed E-state index contributed by atoms with van der Waals surface area (Å²) < 4.78 is 11.2. The predicted molar refractivity (Wildman–Crippen MR) is 81.4 cm³/mol. The van der Waals surface area contributed by atoms with Gasteiger partial charge in [0.05, 0.1) is 13.2 Å². The van der Waals surface area contributed by atoms with Gasteiger partial charge in [0.15, 0.2) is 0 Å². The molecule has 112 valence electrons. The molecule has 1 heterocycles. The van der Waals surface area contributed by atoms with Crippen molar-refractivity contribution in [2.75, 3.05) is 46.5 Å². The third kappa shape index (κ3) is 4.20. The number of ether oxygens (including phenoxy) is 2. The highest BCUT2D eigenvalue weighted by Crippen LogP contribution is 2.22. The molecule has 1 aliphatic heterocycles. The van der Waals surface area contributed by atoms with Gasteiger partial charge in [-0.05, 0) is 38.1 Å². The van der Waals surface area contributed by atoms with Gasteiger partial charge >= 0.3 is 0 Å². The van der Waals surface area contributed by atoms with E-state index < -0.39 is 0 Å². The summed E-state index contributed by atoms with van der Waals surface area (Å²) in [5, 5.41) is 3.25. The Bertz CT molecular complexity index is 417. The molecule has 20 heavy (non-hydrogen) atoms. The maximum absolute atomic E-state index is 5.91. The highest BCUT2D eigenvalue weighted by Gasteiger charge is 2.10. The van der Waals surface area contributed by atoms with Crippen LogP contribution in [0.1, 0.15) is 24.1 Å². The fourth-order valence-corrected chi connectivity index (χ4v) is 2.38. The summed E-state index contributed by atoms with van der Waals surface area (Å²) in [5.74, 6) is 0.991. The monoisotopic (exact) mass is 278 g/mol. The van der Waals surface area contributed by atoms with Crippen LogP contribution in [0.15, 0.2) is 18.2 Å². The summed E-state index contributed by atoms with van der Waals surface area (Å²) in [4.78, 5) is 2.39. The lowest BCUT2D eigenvalue weighted by atomic mass is 10.1. The molecule has 4 nitrogen and oxygen atoms in total. The summed E-state index contributed by atoms with van der Waals surface area (Å²) >= 11 is 0. The normalized spacial score (nSPS) is 17.9. The highest BCUT2D eigenvalue weighted by molar-refractivity contribution is 5.37. The molecule has 1 aliphatic rings. The predicted octanol–water partition coefficient (Wildman–Crippen LogP) is 1.99. The van der Waals surface area contributed by atoms with Crippen molar-refractivity contribution in [1.29, 1.82) is 0 Å². The molecule has 1 unspecified atom stereocenters. The third-order valence-electron chi connectivity index (χ3n) is 3.90. The van der Waals surface area contributed by atoms with Crippen LogP contribution in [0.2, 0.25) is 0 Å². The molecule has 1 aromatic carbocycles. The van der Waals surface area contributed by atoms with Gasteiger partial charge in [-0.3, -0.25) is 4.90 Å². The molecule has 4 heteroatoms. The topological polar surface area (TPSA) is 33.7 Å². The number of hydrogen-bond donors (Lipinski definition) is 1. The van der Waals surface area contributed by atoms with Gasteiger partial charge in [-0.15, -0.1) is 0 Å². The Labute approximate surface area is 122 Å². The van der Waals surface area contributed by atoms with E-state index in [2.05, 4.69) is 42.3 Å². The molecule has 0 bridgehead atoms. The van der Waals surface area contributed by atoms with E-state index in [9.17, 15) is 0 Å². The first kappa shape index (κ1) is 15.3. The van der Waals surface area contributed by atoms with Gasteiger partial charge in [0.25, 0.3) is 0 Å². The lowest BCUT2D eigenvalue weighted by molar-refractivity contribution is 0.0322. The number of benzene rings is 1. The van der Waals surface area contributed by atoms with Gasteiger partial charge in [0.1, 0.15) is 12.4 Å². The molecule has 2 rings (SSSR count). The van der Waals surface area contributed by atoms with Crippen LogP contribution in [0.5, 0.6) is 5.75 Å². The number of rotatable bonds is 6. The minimum atomic E-state index is 0.371. The van der Waals surface area contributed by atoms with Crippen LogP contribution in [0.25, 0.3) is 0 Å². The van der Waals surface area contributed by atoms with Crippen molar-refractivity contribution < 1.29 is 9.47 Å². The van der Waals surface area contributed by atoms with E-state index in [1.165, 1.54) is 11.1 Å². The van der Waals surface area contributed by atoms with Crippen molar-refractivity contribution in [1.82, 2.24) is 10.2 Å². The number of nitrogens with zero attached hydrogens (tertiary/aromatic N) is 1. The second-order valence-corrected chi connectivity index (χ2v) is 5.34. The second-order valence-electron chi connectivity index (χ2n) is 5.34. The molecular formula is C16H26N2O2. The van der Waals surface area contributed by atoms with Gasteiger partial charge in [-0.2, -0.15) is 0 Å². The zero-order valence-electron chi connectivity index (χ0n) is 12.8. The van der Waals surface area contributed by atoms with Crippen LogP contribution in [0, 0.1) is 6.92 Å². The molecule has 1 fully saturated rings. The fraction of sp³-hybridized carbons (Fsp3) is 0.625. The number of nitrogens with one attached hydrogen (secondary N) is 1. The number of hydrogen-bond acceptors (Lipinski definition) is 4. The standard InChI is InChI=1S/C16H26N2O2/c1-13-12-15(14(2)17-3)4-5-16(13)20-11-8-18-6-9-19-10-7-18/h4-5,12,14,17H,6-11H2,1-3H3. The van der Waals surface area contributed by atoms with E-state index in [1.54, 1.807) is 0 Å². The molecule has 0 spiro atoms. The zero-order chi connectivity index (χ0) is 14.4. The minimum absolute atomic E-state index is 0.371. The molecule has 1 atom stereocenters. The average Bonchev–Trinajstić information content (AvgIpc) is 2.49. The maximum Gasteiger partial charge on any atom is 0.122 e. The van der Waals surface area contributed by atoms with Crippen molar-refractivity contribution in [3.8, 4) is 5.75 Å². The molecule has 0 radical (unpaired) electrons. The Hall–Kier alpha value is -1.10. The van der Waals surface area contributed by atoms with Gasteiger partial charge in [0, 0.05) is 25.7 Å². The van der Waals surface area contributed by atoms with Crippen molar-refractivity contribution in [2.24, 2.45) is 0 Å². The van der Waals surface area contributed by atoms with Crippen molar-refractivity contribution in [3.05, 3.63) is 29.3 Å². The van der Waals surface area contributed by atoms with Crippen LogP contribution < -0.4 is 10.1 Å². The molecule has 1 N–H and O–H groups in total. The molecule has 0 aromatic heterocycles. The molecular weight excluding hydrogens is 252 g/mol. The number of aryl methyl sites for hydroxylation is 1. The van der Waals surface area contributed by atoms with Gasteiger partial charge < -0.3 is 14.8 Å². The molecule has 0 saturated carbocycles. The quantitative estimate of drug-likeness (QED) is 0.863. The first-order valence-corrected chi connectivity index (χ1v) is 7.41. The van der Waals surface area contributed by atoms with Crippen LogP contribution in [-0.4, -0.2) is 51.4 Å². The Morgan fingerprint density at radius 3 is 2.75 bits per heavy atom. The fourth-order valence-electron chi connectivity index (χ4n) is 2.38. The van der Waals surface area contributed by atoms with E-state index in [0.29, 0.717) is 6.04 Å². The Morgan fingerprint density at radius 2 is 2.10 bits per heavy atom. The zero-order valence-corrected chi connectivity index (χ0v) is 12.8. The van der Waals surface area contributed by atoms with Crippen LogP contribution in [-0.2, 0) is 4.74 Å². The highest BCUT2D eigenvalue weighted by atomic mass is 16.5. The van der Waals surface area contributed by atoms with E-state index in [-0.39, 0.29) is 0 Å². The van der Waals surface area contributed by atoms with Crippen LogP contribution in [0.4, 0.5) is 0 Å². The Kier molecular flexibility index (Phi) is 5.83. The SMILES string of the molecule is CNC(C)c1ccc(OCCN2CCOCC2)c(C)c1. The summed E-state index contributed by atoms with van der Waals surface area (Å²) in [6.45, 7) is 9.69. The molecule has 0 amide bonds. The summed E-state index contributed by atoms with van der Waals surface area (Å²) in [7, 11) is 1.98. The summed E-state index contributed by atoms with van der Waals surface area (Å²) in [5.41, 5.74) is 2.50. The Morgan fingerprint density at radius 1 is 1.35 bits per heavy atom. The minimum Gasteiger partial charge on any atom is -0.492 e. The van der Waals surface area contributed by atoms with Gasteiger partial charge in [0.2, 0.25) is 0 Å². The van der Waals surface area contributed by atoms with Crippen molar-refractivity contribution in [3.63, 3.8) is 0 Å². The smallest absolute Gasteiger partial charge is 0.122 e. The number of morpholine rings is 1. The van der Waals surface area contributed by atoms with E-state index in [1.807, 2.05) is 7.05 Å². The largest absolute Gasteiger partial charge is 0.492 e. The van der Waals surface area contributed by atoms with Crippen LogP contribution >= 0.6 is 0 Å². The molecule has 1 saturated heterocycles. The van der Waals surface area contributed by atoms with Crippen LogP contribution in [0.3, 0.4) is 0 Å². The van der Waals surface area contributed by atoms with E-state index in [0.717, 1.165) is 45.2 Å². The first-order chi connectivity index (χ1) is 9.70. The summed E-state index contributed by atoms with van der Waals surface area (Å²) in [6.07, 6.45) is 0. The lowest BCUT2D eigenvalue weighted by Crippen LogP contribution is -2.38. The van der Waals surface area contributed by atoms with Crippen molar-refractivity contribution in [2.45, 2.75) is 19.9 Å². The van der Waals surface area contributed by atoms with Gasteiger partial charge in [-0.25, -0.2) is 0 Å². The molecule has 0 aliphatic carbocycles. The maximum atomic E-state index is 5.91. The molecule has 1 aromatic rings. The Balaban J connectivity index is 1.83. The average molecular weight is 278 g/mol. The second kappa shape index (κ2) is 7.62.